The number of hydrogen-bond donors (Lipinski definition) is 1. The number of fused-ring (bicyclic) bond motifs is 2. The Morgan fingerprint density at radius 3 is 2.75 bits per heavy atom. The first-order chi connectivity index (χ1) is 15.7. The Balaban J connectivity index is 1.44. The van der Waals surface area contributed by atoms with E-state index in [0.29, 0.717) is 12.1 Å². The van der Waals surface area contributed by atoms with E-state index in [1.165, 1.54) is 0 Å². The van der Waals surface area contributed by atoms with Crippen LogP contribution in [0.2, 0.25) is 0 Å². The number of carbonyl (C=O) groups excluding carboxylic acids is 1. The number of nitrogens with one attached hydrogen (secondary N) is 1. The van der Waals surface area contributed by atoms with Gasteiger partial charge in [0.1, 0.15) is 0 Å². The molecule has 32 heavy (non-hydrogen) atoms. The minimum absolute atomic E-state index is 0.136. The minimum Gasteiger partial charge on any atom is -0.348 e. The molecule has 0 unspecified atom stereocenters. The van der Waals surface area contributed by atoms with Gasteiger partial charge in [-0.15, -0.1) is 0 Å². The third-order valence-corrected chi connectivity index (χ3v) is 6.42. The summed E-state index contributed by atoms with van der Waals surface area (Å²) in [5, 5.41) is 2.95. The summed E-state index contributed by atoms with van der Waals surface area (Å²) in [6.07, 6.45) is 7.16. The number of aromatic nitrogens is 2. The van der Waals surface area contributed by atoms with Crippen LogP contribution in [0.15, 0.2) is 94.0 Å². The smallest absolute Gasteiger partial charge is 0.251 e. The van der Waals surface area contributed by atoms with Crippen molar-refractivity contribution in [1.82, 2.24) is 15.3 Å². The first kappa shape index (κ1) is 20.2. The maximum absolute atomic E-state index is 12.7. The number of aliphatic imine (C=N–C) groups is 1. The number of rotatable bonds is 4. The third-order valence-electron chi connectivity index (χ3n) is 5.28. The van der Waals surface area contributed by atoms with Gasteiger partial charge in [0.05, 0.1) is 11.4 Å². The molecule has 1 aliphatic rings. The van der Waals surface area contributed by atoms with E-state index in [9.17, 15) is 4.79 Å². The summed E-state index contributed by atoms with van der Waals surface area (Å²) in [6, 6.07) is 19.7. The van der Waals surface area contributed by atoms with Crippen molar-refractivity contribution in [2.45, 2.75) is 23.3 Å². The van der Waals surface area contributed by atoms with E-state index in [4.69, 9.17) is 4.99 Å². The molecule has 156 valence electrons. The number of carbonyl (C=O) groups is 1. The maximum atomic E-state index is 12.7. The fourth-order valence-corrected chi connectivity index (χ4v) is 4.63. The summed E-state index contributed by atoms with van der Waals surface area (Å²) >= 11 is 1.66. The van der Waals surface area contributed by atoms with E-state index in [1.54, 1.807) is 24.2 Å². The van der Waals surface area contributed by atoms with Gasteiger partial charge in [-0.1, -0.05) is 36.0 Å². The van der Waals surface area contributed by atoms with Crippen LogP contribution in [0.5, 0.6) is 0 Å². The highest BCUT2D eigenvalue weighted by molar-refractivity contribution is 7.99. The average molecular weight is 437 g/mol. The van der Waals surface area contributed by atoms with Gasteiger partial charge in [0.2, 0.25) is 0 Å². The van der Waals surface area contributed by atoms with Gasteiger partial charge in [0, 0.05) is 57.8 Å². The van der Waals surface area contributed by atoms with Gasteiger partial charge in [0.15, 0.2) is 0 Å². The lowest BCUT2D eigenvalue weighted by atomic mass is 10.0. The summed E-state index contributed by atoms with van der Waals surface area (Å²) in [6.45, 7) is 2.49. The van der Waals surface area contributed by atoms with Crippen molar-refractivity contribution in [3.05, 3.63) is 102 Å². The zero-order valence-electron chi connectivity index (χ0n) is 17.4. The Hall–Kier alpha value is -3.77. The lowest BCUT2D eigenvalue weighted by molar-refractivity contribution is 0.0951. The molecule has 5 rings (SSSR count). The van der Waals surface area contributed by atoms with E-state index in [1.807, 2.05) is 54.9 Å². The number of aryl methyl sites for hydroxylation is 1. The van der Waals surface area contributed by atoms with Crippen molar-refractivity contribution in [1.29, 1.82) is 0 Å². The second-order valence-corrected chi connectivity index (χ2v) is 8.56. The average Bonchev–Trinajstić information content (AvgIpc) is 3.02. The normalized spacial score (nSPS) is 11.9. The molecule has 0 aliphatic carbocycles. The highest BCUT2D eigenvalue weighted by Gasteiger charge is 2.18. The molecule has 0 saturated carbocycles. The molecule has 1 aliphatic heterocycles. The molecule has 3 heterocycles. The molecule has 0 bridgehead atoms. The van der Waals surface area contributed by atoms with Crippen LogP contribution in [-0.4, -0.2) is 22.1 Å². The summed E-state index contributed by atoms with van der Waals surface area (Å²) in [5.41, 5.74) is 6.49. The predicted octanol–water partition coefficient (Wildman–Crippen LogP) is 5.60. The van der Waals surface area contributed by atoms with Crippen LogP contribution in [0.25, 0.3) is 11.3 Å². The molecular formula is C26H20N4OS. The number of benzene rings is 2. The molecule has 0 radical (unpaired) electrons. The highest BCUT2D eigenvalue weighted by Crippen LogP contribution is 2.42. The number of pyridine rings is 2. The summed E-state index contributed by atoms with van der Waals surface area (Å²) < 4.78 is 0. The molecule has 0 saturated heterocycles. The van der Waals surface area contributed by atoms with Gasteiger partial charge in [-0.05, 0) is 54.4 Å². The van der Waals surface area contributed by atoms with Crippen molar-refractivity contribution in [3.8, 4) is 11.3 Å². The lowest BCUT2D eigenvalue weighted by Gasteiger charge is -2.11. The highest BCUT2D eigenvalue weighted by atomic mass is 32.2. The molecule has 6 heteroatoms. The van der Waals surface area contributed by atoms with E-state index >= 15 is 0 Å². The minimum atomic E-state index is -0.136. The van der Waals surface area contributed by atoms with Crippen LogP contribution in [-0.2, 0) is 6.54 Å². The Labute approximate surface area is 190 Å². The summed E-state index contributed by atoms with van der Waals surface area (Å²) in [5.74, 6) is -0.136. The lowest BCUT2D eigenvalue weighted by Crippen LogP contribution is -2.22. The van der Waals surface area contributed by atoms with Crippen molar-refractivity contribution >= 4 is 29.6 Å². The van der Waals surface area contributed by atoms with Crippen molar-refractivity contribution < 1.29 is 4.79 Å². The van der Waals surface area contributed by atoms with Crippen LogP contribution in [0, 0.1) is 6.92 Å². The van der Waals surface area contributed by atoms with Gasteiger partial charge >= 0.3 is 0 Å². The largest absolute Gasteiger partial charge is 0.348 e. The molecule has 4 aromatic rings. The predicted molar refractivity (Wildman–Crippen MR) is 128 cm³/mol. The molecule has 0 fully saturated rings. The molecule has 2 aromatic heterocycles. The first-order valence-electron chi connectivity index (χ1n) is 10.3. The van der Waals surface area contributed by atoms with Gasteiger partial charge in [0.25, 0.3) is 5.91 Å². The Morgan fingerprint density at radius 2 is 1.91 bits per heavy atom. The Morgan fingerprint density at radius 1 is 1.00 bits per heavy atom. The van der Waals surface area contributed by atoms with Crippen LogP contribution < -0.4 is 5.32 Å². The maximum Gasteiger partial charge on any atom is 0.251 e. The number of hydrogen-bond acceptors (Lipinski definition) is 5. The first-order valence-corrected chi connectivity index (χ1v) is 11.1. The number of nitrogens with zero attached hydrogens (tertiary/aromatic N) is 3. The van der Waals surface area contributed by atoms with Crippen LogP contribution in [0.4, 0.5) is 5.69 Å². The van der Waals surface area contributed by atoms with E-state index in [0.717, 1.165) is 43.4 Å². The Bertz CT molecular complexity index is 1330. The molecule has 2 aromatic carbocycles. The van der Waals surface area contributed by atoms with Gasteiger partial charge in [-0.3, -0.25) is 19.8 Å². The monoisotopic (exact) mass is 436 g/mol. The van der Waals surface area contributed by atoms with Gasteiger partial charge in [-0.25, -0.2) is 0 Å². The van der Waals surface area contributed by atoms with Crippen LogP contribution >= 0.6 is 11.8 Å². The molecule has 1 N–H and O–H groups in total. The van der Waals surface area contributed by atoms with Gasteiger partial charge in [-0.2, -0.15) is 0 Å². The summed E-state index contributed by atoms with van der Waals surface area (Å²) in [7, 11) is 0. The molecule has 0 atom stereocenters. The second kappa shape index (κ2) is 8.77. The van der Waals surface area contributed by atoms with Crippen molar-refractivity contribution in [3.63, 3.8) is 0 Å². The topological polar surface area (TPSA) is 67.2 Å². The fourth-order valence-electron chi connectivity index (χ4n) is 3.63. The zero-order valence-corrected chi connectivity index (χ0v) is 18.3. The van der Waals surface area contributed by atoms with Gasteiger partial charge < -0.3 is 5.32 Å². The molecule has 5 nitrogen and oxygen atoms in total. The standard InChI is InChI=1S/C26H20N4OS/c1-17-5-3-12-28-25(17)20-7-2-8-23-21(20)16-29-22-13-19(9-10-24(22)32-23)26(31)30-15-18-6-4-11-27-14-18/h2-14,16H,15H2,1H3,(H,30,31). The summed E-state index contributed by atoms with van der Waals surface area (Å²) in [4.78, 5) is 28.2. The Kier molecular flexibility index (Phi) is 5.52. The third kappa shape index (κ3) is 4.05. The zero-order chi connectivity index (χ0) is 21.9. The van der Waals surface area contributed by atoms with Crippen LogP contribution in [0.1, 0.15) is 27.0 Å². The van der Waals surface area contributed by atoms with E-state index in [2.05, 4.69) is 40.4 Å². The SMILES string of the molecule is Cc1cccnc1-c1cccc2c1C=Nc1cc(C(=O)NCc3cccnc3)ccc1S2. The molecule has 1 amide bonds. The quantitative estimate of drug-likeness (QED) is 0.398. The second-order valence-electron chi connectivity index (χ2n) is 7.47. The van der Waals surface area contributed by atoms with Crippen molar-refractivity contribution in [2.75, 3.05) is 0 Å². The number of amides is 1. The fraction of sp³-hybridized carbons (Fsp3) is 0.0769. The molecular weight excluding hydrogens is 416 g/mol. The van der Waals surface area contributed by atoms with Crippen molar-refractivity contribution in [2.24, 2.45) is 4.99 Å². The van der Waals surface area contributed by atoms with E-state index in [-0.39, 0.29) is 5.91 Å². The van der Waals surface area contributed by atoms with Crippen LogP contribution in [0.3, 0.4) is 0 Å². The molecule has 0 spiro atoms. The van der Waals surface area contributed by atoms with E-state index < -0.39 is 0 Å².